The lowest BCUT2D eigenvalue weighted by atomic mass is 10.4. The SMILES string of the molecule is Cl.Cl.OCCCNc1ccccn1. The lowest BCUT2D eigenvalue weighted by Gasteiger charge is -2.01. The summed E-state index contributed by atoms with van der Waals surface area (Å²) >= 11 is 0. The average Bonchev–Trinajstić information content (AvgIpc) is 2.07. The van der Waals surface area contributed by atoms with Gasteiger partial charge in [-0.05, 0) is 18.6 Å². The first-order chi connectivity index (χ1) is 5.43. The minimum Gasteiger partial charge on any atom is -0.396 e. The number of pyridine rings is 1. The minimum atomic E-state index is 0. The maximum absolute atomic E-state index is 8.48. The normalized spacial score (nSPS) is 8.08. The van der Waals surface area contributed by atoms with Crippen LogP contribution in [-0.4, -0.2) is 23.2 Å². The van der Waals surface area contributed by atoms with E-state index in [0.29, 0.717) is 0 Å². The molecule has 1 rings (SSSR count). The maximum atomic E-state index is 8.48. The van der Waals surface area contributed by atoms with Gasteiger partial charge in [0.15, 0.2) is 0 Å². The molecule has 1 aromatic heterocycles. The maximum Gasteiger partial charge on any atom is 0.125 e. The Bertz CT molecular complexity index is 197. The molecule has 2 N–H and O–H groups in total. The van der Waals surface area contributed by atoms with Crippen molar-refractivity contribution in [3.8, 4) is 0 Å². The van der Waals surface area contributed by atoms with Crippen LogP contribution < -0.4 is 5.32 Å². The van der Waals surface area contributed by atoms with E-state index in [4.69, 9.17) is 5.11 Å². The number of hydrogen-bond acceptors (Lipinski definition) is 3. The van der Waals surface area contributed by atoms with Crippen LogP contribution in [-0.2, 0) is 0 Å². The van der Waals surface area contributed by atoms with Crippen LogP contribution in [0.25, 0.3) is 0 Å². The van der Waals surface area contributed by atoms with E-state index in [1.165, 1.54) is 0 Å². The summed E-state index contributed by atoms with van der Waals surface area (Å²) in [7, 11) is 0. The molecule has 5 heteroatoms. The molecular formula is C8H14Cl2N2O. The Morgan fingerprint density at radius 3 is 2.62 bits per heavy atom. The van der Waals surface area contributed by atoms with Gasteiger partial charge in [0.25, 0.3) is 0 Å². The van der Waals surface area contributed by atoms with Crippen molar-refractivity contribution >= 4 is 30.6 Å². The van der Waals surface area contributed by atoms with Gasteiger partial charge in [0.2, 0.25) is 0 Å². The predicted octanol–water partition coefficient (Wildman–Crippen LogP) is 1.72. The van der Waals surface area contributed by atoms with Crippen LogP contribution in [0, 0.1) is 0 Å². The van der Waals surface area contributed by atoms with E-state index in [9.17, 15) is 0 Å². The Hall–Kier alpha value is -0.510. The van der Waals surface area contributed by atoms with Gasteiger partial charge >= 0.3 is 0 Å². The third-order valence-electron chi connectivity index (χ3n) is 1.31. The first kappa shape index (κ1) is 15.0. The van der Waals surface area contributed by atoms with Gasteiger partial charge in [-0.1, -0.05) is 6.07 Å². The molecule has 0 aliphatic carbocycles. The number of hydrogen-bond donors (Lipinski definition) is 2. The van der Waals surface area contributed by atoms with Crippen molar-refractivity contribution in [1.29, 1.82) is 0 Å². The Balaban J connectivity index is 0. The third kappa shape index (κ3) is 6.63. The molecule has 0 fully saturated rings. The summed E-state index contributed by atoms with van der Waals surface area (Å²) in [5.41, 5.74) is 0. The minimum absolute atomic E-state index is 0. The number of halogens is 2. The molecule has 0 aromatic carbocycles. The number of nitrogens with one attached hydrogen (secondary N) is 1. The quantitative estimate of drug-likeness (QED) is 0.767. The van der Waals surface area contributed by atoms with Crippen molar-refractivity contribution in [2.24, 2.45) is 0 Å². The predicted molar refractivity (Wildman–Crippen MR) is 58.9 cm³/mol. The van der Waals surface area contributed by atoms with Gasteiger partial charge in [0, 0.05) is 19.3 Å². The number of aliphatic hydroxyl groups excluding tert-OH is 1. The fourth-order valence-electron chi connectivity index (χ4n) is 0.763. The zero-order valence-corrected chi connectivity index (χ0v) is 8.77. The molecule has 0 unspecified atom stereocenters. The van der Waals surface area contributed by atoms with E-state index in [0.717, 1.165) is 18.8 Å². The van der Waals surface area contributed by atoms with E-state index in [-0.39, 0.29) is 31.4 Å². The molecular weight excluding hydrogens is 211 g/mol. The highest BCUT2D eigenvalue weighted by molar-refractivity contribution is 5.85. The molecule has 1 aromatic rings. The highest BCUT2D eigenvalue weighted by Gasteiger charge is 1.88. The summed E-state index contributed by atoms with van der Waals surface area (Å²) in [6.07, 6.45) is 2.50. The molecule has 3 nitrogen and oxygen atoms in total. The topological polar surface area (TPSA) is 45.1 Å². The smallest absolute Gasteiger partial charge is 0.125 e. The molecule has 0 saturated heterocycles. The Morgan fingerprint density at radius 1 is 1.31 bits per heavy atom. The molecule has 0 bridgehead atoms. The monoisotopic (exact) mass is 224 g/mol. The fraction of sp³-hybridized carbons (Fsp3) is 0.375. The number of anilines is 1. The second kappa shape index (κ2) is 9.58. The van der Waals surface area contributed by atoms with Gasteiger partial charge in [-0.25, -0.2) is 4.98 Å². The summed E-state index contributed by atoms with van der Waals surface area (Å²) < 4.78 is 0. The number of rotatable bonds is 4. The van der Waals surface area contributed by atoms with Crippen LogP contribution in [0.15, 0.2) is 24.4 Å². The van der Waals surface area contributed by atoms with Gasteiger partial charge in [-0.3, -0.25) is 0 Å². The highest BCUT2D eigenvalue weighted by Crippen LogP contribution is 1.98. The van der Waals surface area contributed by atoms with Crippen molar-refractivity contribution in [3.63, 3.8) is 0 Å². The van der Waals surface area contributed by atoms with Crippen LogP contribution in [0.2, 0.25) is 0 Å². The molecule has 1 heterocycles. The molecule has 0 spiro atoms. The van der Waals surface area contributed by atoms with Crippen LogP contribution in [0.5, 0.6) is 0 Å². The van der Waals surface area contributed by atoms with Crippen molar-refractivity contribution in [3.05, 3.63) is 24.4 Å². The molecule has 0 aliphatic heterocycles. The lowest BCUT2D eigenvalue weighted by molar-refractivity contribution is 0.292. The van der Waals surface area contributed by atoms with Crippen LogP contribution in [0.3, 0.4) is 0 Å². The van der Waals surface area contributed by atoms with E-state index in [1.54, 1.807) is 6.20 Å². The van der Waals surface area contributed by atoms with Gasteiger partial charge in [0.05, 0.1) is 0 Å². The number of aromatic nitrogens is 1. The Labute approximate surface area is 90.4 Å². The zero-order chi connectivity index (χ0) is 7.94. The van der Waals surface area contributed by atoms with Crippen molar-refractivity contribution < 1.29 is 5.11 Å². The Kier molecular flexibility index (Phi) is 11.0. The van der Waals surface area contributed by atoms with Gasteiger partial charge in [-0.2, -0.15) is 0 Å². The summed E-state index contributed by atoms with van der Waals surface area (Å²) in [6.45, 7) is 0.993. The van der Waals surface area contributed by atoms with E-state index < -0.39 is 0 Å². The second-order valence-corrected chi connectivity index (χ2v) is 2.22. The van der Waals surface area contributed by atoms with Crippen LogP contribution >= 0.6 is 24.8 Å². The molecule has 13 heavy (non-hydrogen) atoms. The summed E-state index contributed by atoms with van der Waals surface area (Å²) in [4.78, 5) is 4.06. The second-order valence-electron chi connectivity index (χ2n) is 2.22. The fourth-order valence-corrected chi connectivity index (χ4v) is 0.763. The van der Waals surface area contributed by atoms with Gasteiger partial charge in [0.1, 0.15) is 5.82 Å². The first-order valence-electron chi connectivity index (χ1n) is 3.69. The molecule has 0 radical (unpaired) electrons. The first-order valence-corrected chi connectivity index (χ1v) is 3.69. The number of nitrogens with zero attached hydrogens (tertiary/aromatic N) is 1. The third-order valence-corrected chi connectivity index (χ3v) is 1.31. The largest absolute Gasteiger partial charge is 0.396 e. The summed E-state index contributed by atoms with van der Waals surface area (Å²) in [6, 6.07) is 5.70. The molecule has 0 atom stereocenters. The molecule has 0 amide bonds. The van der Waals surface area contributed by atoms with Crippen LogP contribution in [0.4, 0.5) is 5.82 Å². The number of aliphatic hydroxyl groups is 1. The standard InChI is InChI=1S/C8H12N2O.2ClH/c11-7-3-6-10-8-4-1-2-5-9-8;;/h1-2,4-5,11H,3,6-7H2,(H,9,10);2*1H. The molecule has 0 saturated carbocycles. The van der Waals surface area contributed by atoms with E-state index in [2.05, 4.69) is 10.3 Å². The Morgan fingerprint density at radius 2 is 2.08 bits per heavy atom. The molecule has 0 aliphatic rings. The van der Waals surface area contributed by atoms with Crippen LogP contribution in [0.1, 0.15) is 6.42 Å². The van der Waals surface area contributed by atoms with E-state index >= 15 is 0 Å². The van der Waals surface area contributed by atoms with Gasteiger partial charge < -0.3 is 10.4 Å². The average molecular weight is 225 g/mol. The summed E-state index contributed by atoms with van der Waals surface area (Å²) in [5, 5.41) is 11.6. The van der Waals surface area contributed by atoms with Crippen molar-refractivity contribution in [1.82, 2.24) is 4.98 Å². The van der Waals surface area contributed by atoms with Gasteiger partial charge in [-0.15, -0.1) is 24.8 Å². The van der Waals surface area contributed by atoms with E-state index in [1.807, 2.05) is 18.2 Å². The van der Waals surface area contributed by atoms with Crippen molar-refractivity contribution in [2.75, 3.05) is 18.5 Å². The van der Waals surface area contributed by atoms with Crippen molar-refractivity contribution in [2.45, 2.75) is 6.42 Å². The molecule has 76 valence electrons. The zero-order valence-electron chi connectivity index (χ0n) is 7.14. The highest BCUT2D eigenvalue weighted by atomic mass is 35.5. The lowest BCUT2D eigenvalue weighted by Crippen LogP contribution is -2.04. The summed E-state index contributed by atoms with van der Waals surface area (Å²) in [5.74, 6) is 0.862.